The van der Waals surface area contributed by atoms with Crippen molar-refractivity contribution in [2.45, 2.75) is 46.0 Å². The predicted molar refractivity (Wildman–Crippen MR) is 71.9 cm³/mol. The lowest BCUT2D eigenvalue weighted by Gasteiger charge is -2.40. The maximum atomic E-state index is 9.75. The smallest absolute Gasteiger partial charge is 0.0499 e. The minimum absolute atomic E-state index is 0.208. The van der Waals surface area contributed by atoms with Gasteiger partial charge >= 0.3 is 0 Å². The van der Waals surface area contributed by atoms with Crippen molar-refractivity contribution < 1.29 is 5.11 Å². The van der Waals surface area contributed by atoms with Gasteiger partial charge in [0, 0.05) is 25.1 Å². The lowest BCUT2D eigenvalue weighted by molar-refractivity contribution is 0.0352. The molecular weight excluding hydrogens is 210 g/mol. The molecule has 0 amide bonds. The summed E-state index contributed by atoms with van der Waals surface area (Å²) in [4.78, 5) is 2.47. The van der Waals surface area contributed by atoms with E-state index in [1.54, 1.807) is 0 Å². The van der Waals surface area contributed by atoms with Crippen molar-refractivity contribution in [2.24, 2.45) is 23.2 Å². The summed E-state index contributed by atoms with van der Waals surface area (Å²) in [6.45, 7) is 7.40. The Morgan fingerprint density at radius 1 is 1.24 bits per heavy atom. The van der Waals surface area contributed by atoms with Crippen LogP contribution < -0.4 is 0 Å². The van der Waals surface area contributed by atoms with E-state index >= 15 is 0 Å². The fourth-order valence-electron chi connectivity index (χ4n) is 3.43. The maximum absolute atomic E-state index is 9.75. The van der Waals surface area contributed by atoms with Crippen LogP contribution in [0.1, 0.15) is 46.0 Å². The molecule has 2 heteroatoms. The van der Waals surface area contributed by atoms with E-state index in [1.165, 1.54) is 38.6 Å². The van der Waals surface area contributed by atoms with Crippen LogP contribution in [-0.2, 0) is 0 Å². The second-order valence-corrected chi connectivity index (χ2v) is 7.01. The third kappa shape index (κ3) is 3.45. The largest absolute Gasteiger partial charge is 0.396 e. The van der Waals surface area contributed by atoms with Crippen LogP contribution in [0.25, 0.3) is 0 Å². The number of nitrogens with zero attached hydrogens (tertiary/aromatic N) is 1. The Hall–Kier alpha value is -0.0800. The number of aliphatic hydroxyl groups excluding tert-OH is 1. The van der Waals surface area contributed by atoms with Gasteiger partial charge in [-0.2, -0.15) is 0 Å². The van der Waals surface area contributed by atoms with Crippen LogP contribution in [-0.4, -0.2) is 36.8 Å². The maximum Gasteiger partial charge on any atom is 0.0499 e. The molecule has 0 aromatic rings. The van der Waals surface area contributed by atoms with Crippen LogP contribution >= 0.6 is 0 Å². The van der Waals surface area contributed by atoms with Gasteiger partial charge < -0.3 is 10.0 Å². The van der Waals surface area contributed by atoms with Crippen LogP contribution in [0.2, 0.25) is 0 Å². The molecule has 2 fully saturated rings. The molecule has 0 heterocycles. The van der Waals surface area contributed by atoms with E-state index < -0.39 is 0 Å². The average molecular weight is 239 g/mol. The van der Waals surface area contributed by atoms with Gasteiger partial charge in [-0.05, 0) is 44.1 Å². The van der Waals surface area contributed by atoms with Gasteiger partial charge in [-0.1, -0.05) is 26.7 Å². The van der Waals surface area contributed by atoms with Crippen molar-refractivity contribution >= 4 is 0 Å². The first-order valence-electron chi connectivity index (χ1n) is 7.34. The molecule has 2 aliphatic carbocycles. The Bertz CT molecular complexity index is 245. The molecule has 2 saturated carbocycles. The second kappa shape index (κ2) is 5.27. The zero-order valence-corrected chi connectivity index (χ0v) is 11.8. The van der Waals surface area contributed by atoms with Gasteiger partial charge in [-0.15, -0.1) is 0 Å². The van der Waals surface area contributed by atoms with Gasteiger partial charge in [0.2, 0.25) is 0 Å². The van der Waals surface area contributed by atoms with E-state index in [1.807, 2.05) is 0 Å². The summed E-state index contributed by atoms with van der Waals surface area (Å²) in [5, 5.41) is 9.75. The van der Waals surface area contributed by atoms with Crippen molar-refractivity contribution in [1.82, 2.24) is 4.90 Å². The fraction of sp³-hybridized carbons (Fsp3) is 1.00. The van der Waals surface area contributed by atoms with Gasteiger partial charge in [-0.3, -0.25) is 0 Å². The summed E-state index contributed by atoms with van der Waals surface area (Å²) >= 11 is 0. The molecule has 2 unspecified atom stereocenters. The van der Waals surface area contributed by atoms with E-state index in [4.69, 9.17) is 0 Å². The molecule has 0 bridgehead atoms. The van der Waals surface area contributed by atoms with Gasteiger partial charge in [0.15, 0.2) is 0 Å². The summed E-state index contributed by atoms with van der Waals surface area (Å²) in [7, 11) is 2.24. The molecule has 0 radical (unpaired) electrons. The third-order valence-electron chi connectivity index (χ3n) is 5.10. The molecule has 1 N–H and O–H groups in total. The van der Waals surface area contributed by atoms with Crippen LogP contribution in [0.15, 0.2) is 0 Å². The Morgan fingerprint density at radius 2 is 1.82 bits per heavy atom. The van der Waals surface area contributed by atoms with E-state index in [0.717, 1.165) is 24.3 Å². The van der Waals surface area contributed by atoms with Crippen molar-refractivity contribution in [1.29, 1.82) is 0 Å². The zero-order valence-electron chi connectivity index (χ0n) is 11.8. The summed E-state index contributed by atoms with van der Waals surface area (Å²) in [6.07, 6.45) is 6.44. The molecule has 0 aromatic carbocycles. The number of aliphatic hydroxyl groups is 1. The van der Waals surface area contributed by atoms with Gasteiger partial charge in [0.25, 0.3) is 0 Å². The number of hydrogen-bond acceptors (Lipinski definition) is 2. The Kier molecular flexibility index (Phi) is 4.14. The first-order valence-corrected chi connectivity index (χ1v) is 7.34. The molecule has 0 spiro atoms. The van der Waals surface area contributed by atoms with Gasteiger partial charge in [0.1, 0.15) is 0 Å². The summed E-state index contributed by atoms with van der Waals surface area (Å²) in [5.74, 6) is 2.73. The highest BCUT2D eigenvalue weighted by Crippen LogP contribution is 2.41. The van der Waals surface area contributed by atoms with Crippen LogP contribution in [0.5, 0.6) is 0 Å². The first kappa shape index (κ1) is 13.4. The minimum atomic E-state index is 0.208. The molecule has 2 atom stereocenters. The molecule has 0 aliphatic heterocycles. The first-order chi connectivity index (χ1) is 8.04. The standard InChI is InChI=1S/C15H29NO/c1-12-4-6-15(11-17,7-5-12)10-16(3)9-14-8-13(14)2/h12-14,17H,4-11H2,1-3H3. The van der Waals surface area contributed by atoms with Crippen LogP contribution in [0.4, 0.5) is 0 Å². The number of hydrogen-bond donors (Lipinski definition) is 1. The van der Waals surface area contributed by atoms with E-state index in [0.29, 0.717) is 6.61 Å². The summed E-state index contributed by atoms with van der Waals surface area (Å²) in [6, 6.07) is 0. The normalized spacial score (nSPS) is 41.8. The molecule has 17 heavy (non-hydrogen) atoms. The molecule has 2 nitrogen and oxygen atoms in total. The second-order valence-electron chi connectivity index (χ2n) is 7.01. The van der Waals surface area contributed by atoms with Crippen LogP contribution in [0.3, 0.4) is 0 Å². The highest BCUT2D eigenvalue weighted by atomic mass is 16.3. The Morgan fingerprint density at radius 3 is 2.29 bits per heavy atom. The molecule has 0 saturated heterocycles. The van der Waals surface area contributed by atoms with Crippen molar-refractivity contribution in [3.05, 3.63) is 0 Å². The Balaban J connectivity index is 1.81. The highest BCUT2D eigenvalue weighted by molar-refractivity contribution is 4.89. The van der Waals surface area contributed by atoms with Gasteiger partial charge in [-0.25, -0.2) is 0 Å². The highest BCUT2D eigenvalue weighted by Gasteiger charge is 2.37. The monoisotopic (exact) mass is 239 g/mol. The Labute approximate surface area is 106 Å². The SMILES string of the molecule is CC1CCC(CO)(CN(C)CC2CC2C)CC1. The topological polar surface area (TPSA) is 23.5 Å². The molecule has 2 rings (SSSR count). The minimum Gasteiger partial charge on any atom is -0.396 e. The fourth-order valence-corrected chi connectivity index (χ4v) is 3.43. The quantitative estimate of drug-likeness (QED) is 0.797. The lowest BCUT2D eigenvalue weighted by atomic mass is 9.71. The van der Waals surface area contributed by atoms with E-state index in [-0.39, 0.29) is 5.41 Å². The molecule has 100 valence electrons. The number of rotatable bonds is 5. The lowest BCUT2D eigenvalue weighted by Crippen LogP contribution is -2.41. The van der Waals surface area contributed by atoms with Crippen molar-refractivity contribution in [3.8, 4) is 0 Å². The summed E-state index contributed by atoms with van der Waals surface area (Å²) < 4.78 is 0. The van der Waals surface area contributed by atoms with E-state index in [2.05, 4.69) is 25.8 Å². The van der Waals surface area contributed by atoms with Crippen molar-refractivity contribution in [2.75, 3.05) is 26.7 Å². The van der Waals surface area contributed by atoms with Gasteiger partial charge in [0.05, 0.1) is 0 Å². The van der Waals surface area contributed by atoms with E-state index in [9.17, 15) is 5.11 Å². The predicted octanol–water partition coefficient (Wildman–Crippen LogP) is 2.76. The molecule has 2 aliphatic rings. The van der Waals surface area contributed by atoms with Crippen LogP contribution in [0, 0.1) is 23.2 Å². The molecule has 0 aromatic heterocycles. The zero-order chi connectivity index (χ0) is 12.5. The third-order valence-corrected chi connectivity index (χ3v) is 5.10. The molecular formula is C15H29NO. The average Bonchev–Trinajstić information content (AvgIpc) is 2.98. The summed E-state index contributed by atoms with van der Waals surface area (Å²) in [5.41, 5.74) is 0.208. The van der Waals surface area contributed by atoms with Crippen molar-refractivity contribution in [3.63, 3.8) is 0 Å².